The van der Waals surface area contributed by atoms with Gasteiger partial charge >= 0.3 is 5.97 Å². The monoisotopic (exact) mass is 425 g/mol. The first-order valence-corrected chi connectivity index (χ1v) is 10.6. The number of ether oxygens (including phenoxy) is 2. The van der Waals surface area contributed by atoms with Crippen molar-refractivity contribution in [1.82, 2.24) is 9.97 Å². The maximum atomic E-state index is 12.1. The van der Waals surface area contributed by atoms with Crippen molar-refractivity contribution in [3.8, 4) is 17.0 Å². The summed E-state index contributed by atoms with van der Waals surface area (Å²) in [6, 6.07) is 21.5. The summed E-state index contributed by atoms with van der Waals surface area (Å²) in [4.78, 5) is 24.3. The van der Waals surface area contributed by atoms with Crippen LogP contribution in [0.2, 0.25) is 0 Å². The van der Waals surface area contributed by atoms with Gasteiger partial charge < -0.3 is 14.4 Å². The molecule has 0 aliphatic carbocycles. The highest BCUT2D eigenvalue weighted by Crippen LogP contribution is 2.39. The van der Waals surface area contributed by atoms with Gasteiger partial charge in [-0.15, -0.1) is 0 Å². The molecule has 5 rings (SSSR count). The highest BCUT2D eigenvalue weighted by molar-refractivity contribution is 5.95. The quantitative estimate of drug-likeness (QED) is 0.420. The molecular formula is C26H23N3O3. The van der Waals surface area contributed by atoms with Crippen LogP contribution in [0.25, 0.3) is 22.3 Å². The van der Waals surface area contributed by atoms with Crippen molar-refractivity contribution in [2.24, 2.45) is 0 Å². The number of benzene rings is 3. The third kappa shape index (κ3) is 3.54. The van der Waals surface area contributed by atoms with E-state index in [2.05, 4.69) is 17.0 Å². The lowest BCUT2D eigenvalue weighted by atomic mass is 10.0. The second-order valence-electron chi connectivity index (χ2n) is 7.71. The molecule has 32 heavy (non-hydrogen) atoms. The number of hydrogen-bond acceptors (Lipinski definition) is 6. The molecule has 0 saturated heterocycles. The maximum Gasteiger partial charge on any atom is 0.337 e. The van der Waals surface area contributed by atoms with E-state index in [0.717, 1.165) is 53.4 Å². The Kier molecular flexibility index (Phi) is 5.19. The molecule has 0 amide bonds. The Morgan fingerprint density at radius 2 is 1.78 bits per heavy atom. The first-order valence-electron chi connectivity index (χ1n) is 10.6. The summed E-state index contributed by atoms with van der Waals surface area (Å²) in [7, 11) is 3.06. The van der Waals surface area contributed by atoms with Gasteiger partial charge in [-0.1, -0.05) is 30.3 Å². The largest absolute Gasteiger partial charge is 0.497 e. The predicted molar refractivity (Wildman–Crippen MR) is 125 cm³/mol. The molecule has 0 atom stereocenters. The number of esters is 1. The van der Waals surface area contributed by atoms with E-state index in [0.29, 0.717) is 11.1 Å². The number of nitrogens with zero attached hydrogens (tertiary/aromatic N) is 3. The lowest BCUT2D eigenvalue weighted by molar-refractivity contribution is 0.0601. The standard InChI is InChI=1S/C26H23N3O3/c1-31-20-11-13-23-18(15-20)9-6-14-29(23)25-24(17-7-4-3-5-8-17)27-21-12-10-19(26(30)32-2)16-22(21)28-25/h3-5,7-8,10-13,15-16H,6,9,14H2,1-2H3. The minimum Gasteiger partial charge on any atom is -0.497 e. The van der Waals surface area contributed by atoms with Crippen molar-refractivity contribution in [2.75, 3.05) is 25.7 Å². The molecule has 3 aromatic carbocycles. The molecule has 6 nitrogen and oxygen atoms in total. The highest BCUT2D eigenvalue weighted by atomic mass is 16.5. The normalized spacial score (nSPS) is 13.0. The topological polar surface area (TPSA) is 64.5 Å². The molecular weight excluding hydrogens is 402 g/mol. The van der Waals surface area contributed by atoms with E-state index in [1.54, 1.807) is 19.2 Å². The van der Waals surface area contributed by atoms with Crippen LogP contribution >= 0.6 is 0 Å². The average molecular weight is 425 g/mol. The molecule has 0 radical (unpaired) electrons. The van der Waals surface area contributed by atoms with Gasteiger partial charge in [-0.05, 0) is 54.8 Å². The van der Waals surface area contributed by atoms with Crippen molar-refractivity contribution in [1.29, 1.82) is 0 Å². The van der Waals surface area contributed by atoms with E-state index in [4.69, 9.17) is 19.4 Å². The van der Waals surface area contributed by atoms with E-state index in [1.165, 1.54) is 12.7 Å². The van der Waals surface area contributed by atoms with E-state index in [1.807, 2.05) is 42.5 Å². The molecule has 4 aromatic rings. The summed E-state index contributed by atoms with van der Waals surface area (Å²) in [6.45, 7) is 0.829. The van der Waals surface area contributed by atoms with Crippen LogP contribution in [0.1, 0.15) is 22.3 Å². The zero-order valence-electron chi connectivity index (χ0n) is 18.0. The first-order chi connectivity index (χ1) is 15.7. The van der Waals surface area contributed by atoms with E-state index in [9.17, 15) is 4.79 Å². The molecule has 0 bridgehead atoms. The van der Waals surface area contributed by atoms with Crippen LogP contribution in [0.4, 0.5) is 11.5 Å². The van der Waals surface area contributed by atoms with Gasteiger partial charge in [-0.2, -0.15) is 0 Å². The van der Waals surface area contributed by atoms with Crippen molar-refractivity contribution < 1.29 is 14.3 Å². The number of aryl methyl sites for hydroxylation is 1. The van der Waals surface area contributed by atoms with Crippen LogP contribution < -0.4 is 9.64 Å². The molecule has 0 fully saturated rings. The fraction of sp³-hybridized carbons (Fsp3) is 0.192. The van der Waals surface area contributed by atoms with Gasteiger partial charge in [0, 0.05) is 17.8 Å². The van der Waals surface area contributed by atoms with Gasteiger partial charge in [0.15, 0.2) is 5.82 Å². The Bertz CT molecular complexity index is 1300. The smallest absolute Gasteiger partial charge is 0.337 e. The highest BCUT2D eigenvalue weighted by Gasteiger charge is 2.24. The van der Waals surface area contributed by atoms with Crippen LogP contribution in [0, 0.1) is 0 Å². The molecule has 1 aromatic heterocycles. The van der Waals surface area contributed by atoms with E-state index in [-0.39, 0.29) is 0 Å². The van der Waals surface area contributed by atoms with Gasteiger partial charge in [-0.3, -0.25) is 0 Å². The molecule has 1 aliphatic rings. The zero-order chi connectivity index (χ0) is 22.1. The second kappa shape index (κ2) is 8.30. The summed E-state index contributed by atoms with van der Waals surface area (Å²) in [5.41, 5.74) is 5.97. The number of fused-ring (bicyclic) bond motifs is 2. The van der Waals surface area contributed by atoms with Crippen molar-refractivity contribution in [3.63, 3.8) is 0 Å². The van der Waals surface area contributed by atoms with Gasteiger partial charge in [-0.25, -0.2) is 14.8 Å². The minimum absolute atomic E-state index is 0.391. The second-order valence-corrected chi connectivity index (χ2v) is 7.71. The first kappa shape index (κ1) is 20.0. The van der Waals surface area contributed by atoms with Crippen LogP contribution in [0.5, 0.6) is 5.75 Å². The fourth-order valence-corrected chi connectivity index (χ4v) is 4.19. The third-order valence-corrected chi connectivity index (χ3v) is 5.78. The number of carbonyl (C=O) groups is 1. The lowest BCUT2D eigenvalue weighted by Crippen LogP contribution is -2.26. The summed E-state index contributed by atoms with van der Waals surface area (Å²) < 4.78 is 10.3. The summed E-state index contributed by atoms with van der Waals surface area (Å²) in [5.74, 6) is 1.23. The van der Waals surface area contributed by atoms with Gasteiger partial charge in [0.1, 0.15) is 11.4 Å². The SMILES string of the molecule is COC(=O)c1ccc2nc(-c3ccccc3)c(N3CCCc4cc(OC)ccc43)nc2c1. The third-order valence-electron chi connectivity index (χ3n) is 5.78. The number of carbonyl (C=O) groups excluding carboxylic acids is 1. The number of anilines is 2. The molecule has 0 saturated carbocycles. The van der Waals surface area contributed by atoms with Gasteiger partial charge in [0.25, 0.3) is 0 Å². The van der Waals surface area contributed by atoms with Crippen LogP contribution in [0.3, 0.4) is 0 Å². The van der Waals surface area contributed by atoms with E-state index >= 15 is 0 Å². The van der Waals surface area contributed by atoms with Crippen LogP contribution in [-0.2, 0) is 11.2 Å². The maximum absolute atomic E-state index is 12.1. The number of hydrogen-bond donors (Lipinski definition) is 0. The van der Waals surface area contributed by atoms with Crippen LogP contribution in [-0.4, -0.2) is 36.7 Å². The summed E-state index contributed by atoms with van der Waals surface area (Å²) >= 11 is 0. The Morgan fingerprint density at radius 3 is 2.56 bits per heavy atom. The Hall–Kier alpha value is -3.93. The number of aromatic nitrogens is 2. The van der Waals surface area contributed by atoms with Gasteiger partial charge in [0.2, 0.25) is 0 Å². The average Bonchev–Trinajstić information content (AvgIpc) is 2.86. The van der Waals surface area contributed by atoms with Crippen molar-refractivity contribution in [3.05, 3.63) is 77.9 Å². The van der Waals surface area contributed by atoms with Gasteiger partial charge in [0.05, 0.1) is 30.8 Å². The predicted octanol–water partition coefficient (Wildman–Crippen LogP) is 5.18. The molecule has 160 valence electrons. The summed E-state index contributed by atoms with van der Waals surface area (Å²) in [6.07, 6.45) is 1.98. The Labute approximate surface area is 186 Å². The number of methoxy groups -OCH3 is 2. The fourth-order valence-electron chi connectivity index (χ4n) is 4.19. The van der Waals surface area contributed by atoms with Crippen molar-refractivity contribution >= 4 is 28.5 Å². The Balaban J connectivity index is 1.72. The van der Waals surface area contributed by atoms with E-state index < -0.39 is 5.97 Å². The minimum atomic E-state index is -0.391. The van der Waals surface area contributed by atoms with Crippen LogP contribution in [0.15, 0.2) is 66.7 Å². The van der Waals surface area contributed by atoms with Crippen molar-refractivity contribution in [2.45, 2.75) is 12.8 Å². The zero-order valence-corrected chi connectivity index (χ0v) is 18.0. The molecule has 1 aliphatic heterocycles. The molecule has 6 heteroatoms. The molecule has 2 heterocycles. The molecule has 0 spiro atoms. The lowest BCUT2D eigenvalue weighted by Gasteiger charge is -2.32. The molecule has 0 N–H and O–H groups in total. The Morgan fingerprint density at radius 1 is 0.938 bits per heavy atom. The molecule has 0 unspecified atom stereocenters. The summed E-state index contributed by atoms with van der Waals surface area (Å²) in [5, 5.41) is 0. The number of rotatable bonds is 4.